The lowest BCUT2D eigenvalue weighted by atomic mass is 9.97. The van der Waals surface area contributed by atoms with Crippen LogP contribution in [-0.2, 0) is 11.2 Å². The lowest BCUT2D eigenvalue weighted by Crippen LogP contribution is -2.40. The van der Waals surface area contributed by atoms with Gasteiger partial charge in [0, 0.05) is 24.8 Å². The summed E-state index contributed by atoms with van der Waals surface area (Å²) in [6.45, 7) is 6.43. The molecular formula is C17H27N3O. The van der Waals surface area contributed by atoms with Crippen LogP contribution in [0.2, 0.25) is 0 Å². The second-order valence-electron chi connectivity index (χ2n) is 5.77. The van der Waals surface area contributed by atoms with E-state index in [0.29, 0.717) is 12.6 Å². The Bertz CT molecular complexity index is 487. The van der Waals surface area contributed by atoms with E-state index in [4.69, 9.17) is 0 Å². The van der Waals surface area contributed by atoms with Crippen molar-refractivity contribution in [2.24, 2.45) is 0 Å². The first-order valence-corrected chi connectivity index (χ1v) is 7.97. The van der Waals surface area contributed by atoms with Gasteiger partial charge in [-0.3, -0.25) is 4.79 Å². The van der Waals surface area contributed by atoms with E-state index < -0.39 is 0 Å². The van der Waals surface area contributed by atoms with Gasteiger partial charge in [-0.15, -0.1) is 0 Å². The van der Waals surface area contributed by atoms with Crippen LogP contribution in [0.3, 0.4) is 0 Å². The van der Waals surface area contributed by atoms with Crippen molar-refractivity contribution < 1.29 is 4.79 Å². The maximum Gasteiger partial charge on any atom is 0.239 e. The second kappa shape index (κ2) is 7.46. The van der Waals surface area contributed by atoms with Crippen molar-refractivity contribution in [2.75, 3.05) is 31.6 Å². The first-order chi connectivity index (χ1) is 10.2. The molecule has 2 N–H and O–H groups in total. The lowest BCUT2D eigenvalue weighted by molar-refractivity contribution is -0.119. The molecule has 0 radical (unpaired) electrons. The maximum absolute atomic E-state index is 11.9. The highest BCUT2D eigenvalue weighted by atomic mass is 16.2. The van der Waals surface area contributed by atoms with Gasteiger partial charge in [0.1, 0.15) is 0 Å². The number of anilines is 1. The van der Waals surface area contributed by atoms with Crippen molar-refractivity contribution in [1.82, 2.24) is 10.6 Å². The first-order valence-electron chi connectivity index (χ1n) is 7.97. The zero-order chi connectivity index (χ0) is 15.2. The molecule has 0 saturated carbocycles. The number of nitrogens with one attached hydrogen (secondary N) is 2. The van der Waals surface area contributed by atoms with Gasteiger partial charge in [-0.1, -0.05) is 19.1 Å². The minimum atomic E-state index is 0.123. The Hall–Kier alpha value is -1.55. The molecule has 1 unspecified atom stereocenters. The molecule has 21 heavy (non-hydrogen) atoms. The van der Waals surface area contributed by atoms with Gasteiger partial charge in [0.25, 0.3) is 0 Å². The van der Waals surface area contributed by atoms with Gasteiger partial charge >= 0.3 is 0 Å². The van der Waals surface area contributed by atoms with Gasteiger partial charge in [-0.25, -0.2) is 0 Å². The summed E-state index contributed by atoms with van der Waals surface area (Å²) in [5.74, 6) is 0.123. The first kappa shape index (κ1) is 15.8. The highest BCUT2D eigenvalue weighted by Gasteiger charge is 2.19. The fourth-order valence-electron chi connectivity index (χ4n) is 2.79. The lowest BCUT2D eigenvalue weighted by Gasteiger charge is -2.31. The average molecular weight is 289 g/mol. The molecule has 0 fully saturated rings. The summed E-state index contributed by atoms with van der Waals surface area (Å²) < 4.78 is 0. The van der Waals surface area contributed by atoms with Crippen LogP contribution in [0, 0.1) is 0 Å². The second-order valence-corrected chi connectivity index (χ2v) is 5.77. The molecule has 1 heterocycles. The van der Waals surface area contributed by atoms with E-state index >= 15 is 0 Å². The van der Waals surface area contributed by atoms with Gasteiger partial charge in [0.05, 0.1) is 6.54 Å². The monoisotopic (exact) mass is 289 g/mol. The molecular weight excluding hydrogens is 262 g/mol. The van der Waals surface area contributed by atoms with E-state index in [0.717, 1.165) is 32.4 Å². The number of fused-ring (bicyclic) bond motifs is 1. The number of carbonyl (C=O) groups is 1. The fourth-order valence-corrected chi connectivity index (χ4v) is 2.79. The Morgan fingerprint density at radius 3 is 2.95 bits per heavy atom. The van der Waals surface area contributed by atoms with E-state index in [1.807, 2.05) is 7.05 Å². The van der Waals surface area contributed by atoms with Crippen LogP contribution >= 0.6 is 0 Å². The van der Waals surface area contributed by atoms with Crippen molar-refractivity contribution >= 4 is 11.6 Å². The van der Waals surface area contributed by atoms with Gasteiger partial charge in [-0.05, 0) is 50.4 Å². The van der Waals surface area contributed by atoms with E-state index in [1.165, 1.54) is 16.8 Å². The van der Waals surface area contributed by atoms with Gasteiger partial charge < -0.3 is 15.5 Å². The van der Waals surface area contributed by atoms with E-state index in [-0.39, 0.29) is 5.91 Å². The van der Waals surface area contributed by atoms with Crippen molar-refractivity contribution in [2.45, 2.75) is 39.2 Å². The molecule has 1 amide bonds. The van der Waals surface area contributed by atoms with E-state index in [1.54, 1.807) is 0 Å². The molecule has 116 valence electrons. The average Bonchev–Trinajstić information content (AvgIpc) is 2.52. The standard InChI is InChI=1S/C17H27N3O/c1-4-9-19-17(21)12-20-10-5-6-15-11-14(13(2)18-3)7-8-16(15)20/h7-8,11,13,18H,4-6,9-10,12H2,1-3H3,(H,19,21). The predicted octanol–water partition coefficient (Wildman–Crippen LogP) is 2.25. The smallest absolute Gasteiger partial charge is 0.239 e. The van der Waals surface area contributed by atoms with Gasteiger partial charge in [0.15, 0.2) is 0 Å². The third kappa shape index (κ3) is 3.97. The summed E-state index contributed by atoms with van der Waals surface area (Å²) in [5.41, 5.74) is 3.90. The van der Waals surface area contributed by atoms with Crippen LogP contribution in [0.15, 0.2) is 18.2 Å². The number of hydrogen-bond donors (Lipinski definition) is 2. The van der Waals surface area contributed by atoms with Crippen molar-refractivity contribution in [3.63, 3.8) is 0 Å². The highest BCUT2D eigenvalue weighted by Crippen LogP contribution is 2.29. The zero-order valence-electron chi connectivity index (χ0n) is 13.4. The third-order valence-corrected chi connectivity index (χ3v) is 4.16. The molecule has 1 aromatic carbocycles. The van der Waals surface area contributed by atoms with Crippen molar-refractivity contribution in [3.05, 3.63) is 29.3 Å². The molecule has 1 atom stereocenters. The topological polar surface area (TPSA) is 44.4 Å². The van der Waals surface area contributed by atoms with Crippen LogP contribution in [0.25, 0.3) is 0 Å². The SMILES string of the molecule is CCCNC(=O)CN1CCCc2cc(C(C)NC)ccc21. The third-order valence-electron chi connectivity index (χ3n) is 4.16. The summed E-state index contributed by atoms with van der Waals surface area (Å²) in [6.07, 6.45) is 3.20. The number of amides is 1. The van der Waals surface area contributed by atoms with E-state index in [2.05, 4.69) is 47.6 Å². The van der Waals surface area contributed by atoms with E-state index in [9.17, 15) is 4.79 Å². The minimum Gasteiger partial charge on any atom is -0.362 e. The Morgan fingerprint density at radius 1 is 1.43 bits per heavy atom. The quantitative estimate of drug-likeness (QED) is 0.844. The summed E-state index contributed by atoms with van der Waals surface area (Å²) in [7, 11) is 1.98. The van der Waals surface area contributed by atoms with Crippen LogP contribution < -0.4 is 15.5 Å². The summed E-state index contributed by atoms with van der Waals surface area (Å²) in [4.78, 5) is 14.1. The van der Waals surface area contributed by atoms with Crippen LogP contribution in [0.4, 0.5) is 5.69 Å². The summed E-state index contributed by atoms with van der Waals surface area (Å²) >= 11 is 0. The molecule has 0 aliphatic carbocycles. The highest BCUT2D eigenvalue weighted by molar-refractivity contribution is 5.81. The summed E-state index contributed by atoms with van der Waals surface area (Å²) in [6, 6.07) is 6.98. The molecule has 0 spiro atoms. The summed E-state index contributed by atoms with van der Waals surface area (Å²) in [5, 5.41) is 6.24. The molecule has 0 bridgehead atoms. The Morgan fingerprint density at radius 2 is 2.24 bits per heavy atom. The molecule has 1 aliphatic rings. The number of rotatable bonds is 6. The minimum absolute atomic E-state index is 0.123. The Kier molecular flexibility index (Phi) is 5.62. The molecule has 0 saturated heterocycles. The normalized spacial score (nSPS) is 15.5. The molecule has 4 heteroatoms. The van der Waals surface area contributed by atoms with Gasteiger partial charge in [0.2, 0.25) is 5.91 Å². The molecule has 0 aromatic heterocycles. The molecule has 2 rings (SSSR count). The van der Waals surface area contributed by atoms with Crippen LogP contribution in [0.1, 0.15) is 43.9 Å². The fraction of sp³-hybridized carbons (Fsp3) is 0.588. The van der Waals surface area contributed by atoms with Crippen molar-refractivity contribution in [1.29, 1.82) is 0 Å². The number of benzene rings is 1. The Balaban J connectivity index is 2.10. The Labute approximate surface area is 127 Å². The molecule has 1 aromatic rings. The predicted molar refractivity (Wildman–Crippen MR) is 87.8 cm³/mol. The largest absolute Gasteiger partial charge is 0.362 e. The van der Waals surface area contributed by atoms with Crippen LogP contribution in [0.5, 0.6) is 0 Å². The zero-order valence-corrected chi connectivity index (χ0v) is 13.4. The van der Waals surface area contributed by atoms with Gasteiger partial charge in [-0.2, -0.15) is 0 Å². The van der Waals surface area contributed by atoms with Crippen molar-refractivity contribution in [3.8, 4) is 0 Å². The molecule has 4 nitrogen and oxygen atoms in total. The number of hydrogen-bond acceptors (Lipinski definition) is 3. The maximum atomic E-state index is 11.9. The molecule has 1 aliphatic heterocycles. The van der Waals surface area contributed by atoms with Crippen LogP contribution in [-0.4, -0.2) is 32.6 Å². The number of nitrogens with zero attached hydrogens (tertiary/aromatic N) is 1. The number of carbonyl (C=O) groups excluding carboxylic acids is 1. The number of aryl methyl sites for hydroxylation is 1.